The summed E-state index contributed by atoms with van der Waals surface area (Å²) in [5.41, 5.74) is 1.26. The summed E-state index contributed by atoms with van der Waals surface area (Å²) >= 11 is 0. The minimum atomic E-state index is -5.08. The lowest BCUT2D eigenvalue weighted by Crippen LogP contribution is -2.51. The number of carbonyl (C=O) groups is 3. The molecule has 1 aliphatic rings. The molecule has 10 heteroatoms. The number of carbonyl (C=O) groups excluding carboxylic acids is 1. The average Bonchev–Trinajstić information content (AvgIpc) is 2.87. The minimum absolute atomic E-state index is 0.0556. The molecule has 7 nitrogen and oxygen atoms in total. The highest BCUT2D eigenvalue weighted by molar-refractivity contribution is 5.87. The number of ether oxygens (including phenoxy) is 1. The summed E-state index contributed by atoms with van der Waals surface area (Å²) in [6.07, 6.45) is -1.56. The van der Waals surface area contributed by atoms with Crippen molar-refractivity contribution in [2.24, 2.45) is 0 Å². The SMILES string of the molecule is CC(COc1ccccc1)N1CCCC[C@@H]1C(=O)C[C@@H](C)c1ccc(C(=O)O)cc1.O=C(O)C(F)(F)F. The summed E-state index contributed by atoms with van der Waals surface area (Å²) in [5, 5.41) is 16.2. The van der Waals surface area contributed by atoms with Crippen LogP contribution in [-0.4, -0.2) is 64.2 Å². The van der Waals surface area contributed by atoms with Gasteiger partial charge in [-0.05, 0) is 62.1 Å². The number of alkyl halides is 3. The highest BCUT2D eigenvalue weighted by Gasteiger charge is 2.38. The summed E-state index contributed by atoms with van der Waals surface area (Å²) in [7, 11) is 0. The molecule has 0 saturated carbocycles. The molecular formula is C27H32F3NO6. The van der Waals surface area contributed by atoms with Crippen LogP contribution < -0.4 is 4.74 Å². The molecule has 0 aliphatic carbocycles. The molecule has 3 atom stereocenters. The van der Waals surface area contributed by atoms with Crippen LogP contribution in [0.3, 0.4) is 0 Å². The minimum Gasteiger partial charge on any atom is -0.492 e. The molecule has 3 rings (SSSR count). The fourth-order valence-corrected chi connectivity index (χ4v) is 4.17. The lowest BCUT2D eigenvalue weighted by atomic mass is 9.88. The normalized spacial score (nSPS) is 17.6. The van der Waals surface area contributed by atoms with E-state index in [1.807, 2.05) is 49.4 Å². The van der Waals surface area contributed by atoms with Crippen molar-refractivity contribution in [3.8, 4) is 5.75 Å². The summed E-state index contributed by atoms with van der Waals surface area (Å²) in [6, 6.07) is 16.7. The third-order valence-corrected chi connectivity index (χ3v) is 6.19. The number of carboxylic acid groups (broad SMARTS) is 2. The number of rotatable bonds is 9. The van der Waals surface area contributed by atoms with E-state index in [2.05, 4.69) is 11.8 Å². The second-order valence-electron chi connectivity index (χ2n) is 9.02. The van der Waals surface area contributed by atoms with Crippen LogP contribution >= 0.6 is 0 Å². The lowest BCUT2D eigenvalue weighted by molar-refractivity contribution is -0.192. The molecule has 0 bridgehead atoms. The number of aliphatic carboxylic acids is 1. The van der Waals surface area contributed by atoms with Crippen LogP contribution in [0.15, 0.2) is 54.6 Å². The van der Waals surface area contributed by atoms with E-state index in [4.69, 9.17) is 19.7 Å². The zero-order valence-electron chi connectivity index (χ0n) is 20.8. The Bertz CT molecular complexity index is 1030. The van der Waals surface area contributed by atoms with Gasteiger partial charge in [0.05, 0.1) is 11.6 Å². The number of aromatic carboxylic acids is 1. The van der Waals surface area contributed by atoms with Crippen molar-refractivity contribution in [3.05, 3.63) is 65.7 Å². The largest absolute Gasteiger partial charge is 0.492 e. The molecule has 1 aliphatic heterocycles. The first-order valence-corrected chi connectivity index (χ1v) is 12.0. The zero-order chi connectivity index (χ0) is 27.6. The maximum atomic E-state index is 13.2. The van der Waals surface area contributed by atoms with E-state index in [-0.39, 0.29) is 29.3 Å². The highest BCUT2D eigenvalue weighted by Crippen LogP contribution is 2.26. The van der Waals surface area contributed by atoms with Gasteiger partial charge in [-0.25, -0.2) is 9.59 Å². The number of benzene rings is 2. The fourth-order valence-electron chi connectivity index (χ4n) is 4.17. The third kappa shape index (κ3) is 9.53. The molecule has 2 N–H and O–H groups in total. The van der Waals surface area contributed by atoms with Gasteiger partial charge in [-0.1, -0.05) is 43.7 Å². The number of likely N-dealkylation sites (tertiary alicyclic amines) is 1. The average molecular weight is 524 g/mol. The Morgan fingerprint density at radius 2 is 1.59 bits per heavy atom. The highest BCUT2D eigenvalue weighted by atomic mass is 19.4. The van der Waals surface area contributed by atoms with Gasteiger partial charge in [-0.3, -0.25) is 9.69 Å². The summed E-state index contributed by atoms with van der Waals surface area (Å²) in [6.45, 7) is 5.63. The van der Waals surface area contributed by atoms with Gasteiger partial charge < -0.3 is 14.9 Å². The zero-order valence-corrected chi connectivity index (χ0v) is 20.8. The first-order valence-electron chi connectivity index (χ1n) is 12.0. The maximum Gasteiger partial charge on any atom is 0.490 e. The lowest BCUT2D eigenvalue weighted by Gasteiger charge is -2.39. The molecule has 0 aromatic heterocycles. The monoisotopic (exact) mass is 523 g/mol. The first-order chi connectivity index (χ1) is 17.4. The molecule has 1 unspecified atom stereocenters. The number of carboxylic acids is 2. The molecule has 2 aromatic carbocycles. The van der Waals surface area contributed by atoms with Crippen molar-refractivity contribution in [3.63, 3.8) is 0 Å². The number of para-hydroxylation sites is 1. The Labute approximate surface area is 213 Å². The van der Waals surface area contributed by atoms with Gasteiger partial charge in [-0.15, -0.1) is 0 Å². The number of halogens is 3. The summed E-state index contributed by atoms with van der Waals surface area (Å²) in [4.78, 5) is 35.4. The number of hydrogen-bond donors (Lipinski definition) is 2. The molecule has 1 fully saturated rings. The quantitative estimate of drug-likeness (QED) is 0.453. The number of Topliss-reactive ketones (excluding diaryl/α,β-unsaturated/α-hetero) is 1. The van der Waals surface area contributed by atoms with Crippen molar-refractivity contribution in [2.75, 3.05) is 13.2 Å². The summed E-state index contributed by atoms with van der Waals surface area (Å²) < 4.78 is 37.7. The van der Waals surface area contributed by atoms with Crippen LogP contribution in [0.25, 0.3) is 0 Å². The smallest absolute Gasteiger partial charge is 0.490 e. The molecule has 202 valence electrons. The van der Waals surface area contributed by atoms with E-state index in [1.54, 1.807) is 12.1 Å². The van der Waals surface area contributed by atoms with Gasteiger partial charge in [0.1, 0.15) is 12.4 Å². The molecular weight excluding hydrogens is 491 g/mol. The van der Waals surface area contributed by atoms with Gasteiger partial charge in [0.2, 0.25) is 0 Å². The predicted octanol–water partition coefficient (Wildman–Crippen LogP) is 5.40. The van der Waals surface area contributed by atoms with E-state index < -0.39 is 18.1 Å². The van der Waals surface area contributed by atoms with Crippen molar-refractivity contribution in [2.45, 2.75) is 63.7 Å². The van der Waals surface area contributed by atoms with Crippen LogP contribution in [-0.2, 0) is 9.59 Å². The Balaban J connectivity index is 0.000000604. The van der Waals surface area contributed by atoms with Crippen molar-refractivity contribution < 1.29 is 42.5 Å². The van der Waals surface area contributed by atoms with E-state index in [0.29, 0.717) is 13.0 Å². The van der Waals surface area contributed by atoms with Gasteiger partial charge in [0.25, 0.3) is 0 Å². The van der Waals surface area contributed by atoms with Gasteiger partial charge in [0, 0.05) is 12.5 Å². The van der Waals surface area contributed by atoms with E-state index in [1.165, 1.54) is 0 Å². The van der Waals surface area contributed by atoms with Crippen LogP contribution in [0.4, 0.5) is 13.2 Å². The topological polar surface area (TPSA) is 104 Å². The van der Waals surface area contributed by atoms with Gasteiger partial charge in [0.15, 0.2) is 5.78 Å². The standard InChI is InChI=1S/C25H31NO4.C2HF3O2/c1-18(20-11-13-21(14-12-20)25(28)29)16-24(27)23-10-6-7-15-26(23)19(2)17-30-22-8-4-3-5-9-22;3-2(4,5)1(6)7/h3-5,8-9,11-14,18-19,23H,6-7,10,15-17H2,1-2H3,(H,28,29);(H,6,7)/t18-,19?,23-;/m1./s1. The number of ketones is 1. The molecule has 1 saturated heterocycles. The molecule has 2 aromatic rings. The molecule has 37 heavy (non-hydrogen) atoms. The Kier molecular flexibility index (Phi) is 11.1. The Hall–Kier alpha value is -3.40. The Morgan fingerprint density at radius 1 is 1.00 bits per heavy atom. The van der Waals surface area contributed by atoms with E-state index in [0.717, 1.165) is 37.1 Å². The van der Waals surface area contributed by atoms with Crippen LogP contribution in [0.2, 0.25) is 0 Å². The number of nitrogens with zero attached hydrogens (tertiary/aromatic N) is 1. The second-order valence-corrected chi connectivity index (χ2v) is 9.02. The molecule has 0 spiro atoms. The van der Waals surface area contributed by atoms with E-state index in [9.17, 15) is 22.8 Å². The van der Waals surface area contributed by atoms with E-state index >= 15 is 0 Å². The molecule has 0 radical (unpaired) electrons. The van der Waals surface area contributed by atoms with Crippen LogP contribution in [0, 0.1) is 0 Å². The van der Waals surface area contributed by atoms with Crippen LogP contribution in [0.1, 0.15) is 61.4 Å². The predicted molar refractivity (Wildman–Crippen MR) is 131 cm³/mol. The molecule has 1 heterocycles. The van der Waals surface area contributed by atoms with Crippen molar-refractivity contribution in [1.29, 1.82) is 0 Å². The maximum absolute atomic E-state index is 13.2. The van der Waals surface area contributed by atoms with Crippen molar-refractivity contribution >= 4 is 17.7 Å². The molecule has 0 amide bonds. The second kappa shape index (κ2) is 13.8. The Morgan fingerprint density at radius 3 is 2.14 bits per heavy atom. The van der Waals surface area contributed by atoms with Gasteiger partial charge in [-0.2, -0.15) is 13.2 Å². The van der Waals surface area contributed by atoms with Crippen molar-refractivity contribution in [1.82, 2.24) is 4.90 Å². The first kappa shape index (κ1) is 29.8. The number of hydrogen-bond acceptors (Lipinski definition) is 5. The third-order valence-electron chi connectivity index (χ3n) is 6.19. The fraction of sp³-hybridized carbons (Fsp3) is 0.444. The summed E-state index contributed by atoms with van der Waals surface area (Å²) in [5.74, 6) is -2.53. The number of piperidine rings is 1. The van der Waals surface area contributed by atoms with Gasteiger partial charge >= 0.3 is 18.1 Å². The van der Waals surface area contributed by atoms with Crippen LogP contribution in [0.5, 0.6) is 5.75 Å².